The van der Waals surface area contributed by atoms with Gasteiger partial charge in [0.15, 0.2) is 0 Å². The summed E-state index contributed by atoms with van der Waals surface area (Å²) in [6, 6.07) is 4.22. The van der Waals surface area contributed by atoms with E-state index in [1.165, 1.54) is 11.1 Å². The largest absolute Gasteiger partial charge is 0.385 e. The van der Waals surface area contributed by atoms with Gasteiger partial charge in [0.05, 0.1) is 5.69 Å². The molecule has 0 unspecified atom stereocenters. The van der Waals surface area contributed by atoms with Crippen LogP contribution in [0.15, 0.2) is 22.8 Å². The van der Waals surface area contributed by atoms with Crippen LogP contribution in [0.3, 0.4) is 0 Å². The first-order valence-electron chi connectivity index (χ1n) is 7.07. The molecule has 21 heavy (non-hydrogen) atoms. The molecule has 5 heteroatoms. The van der Waals surface area contributed by atoms with Gasteiger partial charge in [0.2, 0.25) is 5.95 Å². The summed E-state index contributed by atoms with van der Waals surface area (Å²) in [6.45, 7) is 7.87. The van der Waals surface area contributed by atoms with E-state index in [-0.39, 0.29) is 0 Å². The summed E-state index contributed by atoms with van der Waals surface area (Å²) in [5.74, 6) is 0.886. The highest BCUT2D eigenvalue weighted by Gasteiger charge is 2.10. The van der Waals surface area contributed by atoms with Crippen molar-refractivity contribution >= 4 is 27.6 Å². The van der Waals surface area contributed by atoms with Crippen molar-refractivity contribution in [3.05, 3.63) is 39.6 Å². The lowest BCUT2D eigenvalue weighted by atomic mass is 10.1. The number of halogens is 1. The van der Waals surface area contributed by atoms with Crippen LogP contribution in [-0.2, 0) is 11.3 Å². The fraction of sp³-hybridized carbons (Fsp3) is 0.438. The van der Waals surface area contributed by atoms with Gasteiger partial charge in [-0.2, -0.15) is 0 Å². The van der Waals surface area contributed by atoms with E-state index in [0.717, 1.165) is 41.4 Å². The van der Waals surface area contributed by atoms with Gasteiger partial charge >= 0.3 is 0 Å². The molecule has 1 N–H and O–H groups in total. The molecule has 0 bridgehead atoms. The summed E-state index contributed by atoms with van der Waals surface area (Å²) in [5.41, 5.74) is 4.54. The molecule has 1 aromatic heterocycles. The zero-order valence-corrected chi connectivity index (χ0v) is 14.6. The van der Waals surface area contributed by atoms with Crippen LogP contribution in [0, 0.1) is 20.8 Å². The third-order valence-electron chi connectivity index (χ3n) is 3.38. The monoisotopic (exact) mass is 351 g/mol. The average molecular weight is 352 g/mol. The van der Waals surface area contributed by atoms with Gasteiger partial charge < -0.3 is 14.6 Å². The molecule has 0 amide bonds. The maximum atomic E-state index is 5.12. The van der Waals surface area contributed by atoms with E-state index in [9.17, 15) is 0 Å². The highest BCUT2D eigenvalue weighted by atomic mass is 79.9. The Morgan fingerprint density at radius 3 is 2.52 bits per heavy atom. The van der Waals surface area contributed by atoms with Crippen LogP contribution in [0.4, 0.5) is 11.6 Å². The molecule has 2 rings (SSSR count). The van der Waals surface area contributed by atoms with E-state index in [2.05, 4.69) is 63.0 Å². The van der Waals surface area contributed by atoms with Gasteiger partial charge in [0, 0.05) is 36.6 Å². The zero-order valence-electron chi connectivity index (χ0n) is 13.0. The number of rotatable bonds is 6. The number of hydrogen-bond donors (Lipinski definition) is 1. The third-order valence-corrected chi connectivity index (χ3v) is 3.84. The molecular formula is C16H22BrN3O. The maximum Gasteiger partial charge on any atom is 0.207 e. The fourth-order valence-electron chi connectivity index (χ4n) is 2.42. The predicted octanol–water partition coefficient (Wildman–Crippen LogP) is 4.35. The first-order valence-corrected chi connectivity index (χ1v) is 7.87. The number of nitrogens with one attached hydrogen (secondary N) is 1. The number of imidazole rings is 1. The second-order valence-electron chi connectivity index (χ2n) is 5.29. The Labute approximate surface area is 134 Å². The van der Waals surface area contributed by atoms with Gasteiger partial charge in [-0.05, 0) is 50.5 Å². The second kappa shape index (κ2) is 7.09. The molecule has 0 spiro atoms. The predicted molar refractivity (Wildman–Crippen MR) is 90.4 cm³/mol. The summed E-state index contributed by atoms with van der Waals surface area (Å²) < 4.78 is 8.37. The lowest BCUT2D eigenvalue weighted by molar-refractivity contribution is 0.190. The van der Waals surface area contributed by atoms with Gasteiger partial charge in [-0.15, -0.1) is 0 Å². The van der Waals surface area contributed by atoms with Crippen LogP contribution in [0.25, 0.3) is 0 Å². The number of anilines is 2. The SMILES string of the molecule is COCCCn1cc(C)nc1Nc1c(C)cc(Br)cc1C. The van der Waals surface area contributed by atoms with Crippen LogP contribution >= 0.6 is 15.9 Å². The molecule has 4 nitrogen and oxygen atoms in total. The molecule has 2 aromatic rings. The van der Waals surface area contributed by atoms with Gasteiger partial charge in [0.25, 0.3) is 0 Å². The molecule has 0 saturated carbocycles. The van der Waals surface area contributed by atoms with Gasteiger partial charge in [-0.1, -0.05) is 15.9 Å². The molecule has 0 radical (unpaired) electrons. The number of aromatic nitrogens is 2. The van der Waals surface area contributed by atoms with Gasteiger partial charge in [0.1, 0.15) is 0 Å². The van der Waals surface area contributed by atoms with Crippen molar-refractivity contribution in [2.24, 2.45) is 0 Å². The molecule has 0 aliphatic rings. The number of hydrogen-bond acceptors (Lipinski definition) is 3. The molecule has 0 atom stereocenters. The molecule has 0 aliphatic heterocycles. The number of methoxy groups -OCH3 is 1. The van der Waals surface area contributed by atoms with E-state index in [0.29, 0.717) is 0 Å². The second-order valence-corrected chi connectivity index (χ2v) is 6.20. The zero-order chi connectivity index (χ0) is 15.4. The Hall–Kier alpha value is -1.33. The Bertz CT molecular complexity index is 599. The quantitative estimate of drug-likeness (QED) is 0.786. The normalized spacial score (nSPS) is 10.9. The summed E-state index contributed by atoms with van der Waals surface area (Å²) in [7, 11) is 1.73. The standard InChI is InChI=1S/C16H22BrN3O/c1-11-8-14(17)9-12(2)15(11)19-16-18-13(3)10-20(16)6-5-7-21-4/h8-10H,5-7H2,1-4H3,(H,18,19). The minimum atomic E-state index is 0.757. The highest BCUT2D eigenvalue weighted by Crippen LogP contribution is 2.28. The molecular weight excluding hydrogens is 330 g/mol. The van der Waals surface area contributed by atoms with Crippen molar-refractivity contribution in [2.75, 3.05) is 19.0 Å². The Morgan fingerprint density at radius 1 is 1.24 bits per heavy atom. The van der Waals surface area contributed by atoms with Crippen LogP contribution in [-0.4, -0.2) is 23.3 Å². The van der Waals surface area contributed by atoms with Crippen molar-refractivity contribution in [3.8, 4) is 0 Å². The smallest absolute Gasteiger partial charge is 0.207 e. The maximum absolute atomic E-state index is 5.12. The highest BCUT2D eigenvalue weighted by molar-refractivity contribution is 9.10. The topological polar surface area (TPSA) is 39.1 Å². The fourth-order valence-corrected chi connectivity index (χ4v) is 3.10. The van der Waals surface area contributed by atoms with Crippen LogP contribution in [0.2, 0.25) is 0 Å². The summed E-state index contributed by atoms with van der Waals surface area (Å²) >= 11 is 3.53. The van der Waals surface area contributed by atoms with Gasteiger partial charge in [-0.3, -0.25) is 0 Å². The minimum absolute atomic E-state index is 0.757. The molecule has 0 fully saturated rings. The first kappa shape index (κ1) is 16.0. The third kappa shape index (κ3) is 4.08. The Morgan fingerprint density at radius 2 is 1.90 bits per heavy atom. The van der Waals surface area contributed by atoms with Crippen molar-refractivity contribution in [2.45, 2.75) is 33.7 Å². The van der Waals surface area contributed by atoms with Crippen molar-refractivity contribution in [1.82, 2.24) is 9.55 Å². The molecule has 114 valence electrons. The molecule has 0 aliphatic carbocycles. The van der Waals surface area contributed by atoms with E-state index in [1.807, 2.05) is 6.92 Å². The molecule has 1 heterocycles. The van der Waals surface area contributed by atoms with E-state index >= 15 is 0 Å². The van der Waals surface area contributed by atoms with E-state index in [4.69, 9.17) is 4.74 Å². The van der Waals surface area contributed by atoms with Crippen LogP contribution in [0.5, 0.6) is 0 Å². The molecule has 0 saturated heterocycles. The van der Waals surface area contributed by atoms with Crippen LogP contribution < -0.4 is 5.32 Å². The number of aryl methyl sites for hydroxylation is 4. The van der Waals surface area contributed by atoms with Crippen molar-refractivity contribution in [1.29, 1.82) is 0 Å². The summed E-state index contributed by atoms with van der Waals surface area (Å²) in [6.07, 6.45) is 3.04. The van der Waals surface area contributed by atoms with Crippen molar-refractivity contribution in [3.63, 3.8) is 0 Å². The first-order chi connectivity index (χ1) is 10.0. The average Bonchev–Trinajstić information content (AvgIpc) is 2.74. The van der Waals surface area contributed by atoms with E-state index < -0.39 is 0 Å². The van der Waals surface area contributed by atoms with Crippen LogP contribution in [0.1, 0.15) is 23.2 Å². The Balaban J connectivity index is 2.23. The summed E-state index contributed by atoms with van der Waals surface area (Å²) in [5, 5.41) is 3.47. The number of nitrogens with zero attached hydrogens (tertiary/aromatic N) is 2. The minimum Gasteiger partial charge on any atom is -0.385 e. The number of benzene rings is 1. The lowest BCUT2D eigenvalue weighted by Gasteiger charge is -2.14. The van der Waals surface area contributed by atoms with E-state index in [1.54, 1.807) is 7.11 Å². The number of ether oxygens (including phenoxy) is 1. The Kier molecular flexibility index (Phi) is 5.42. The lowest BCUT2D eigenvalue weighted by Crippen LogP contribution is -2.06. The van der Waals surface area contributed by atoms with Crippen molar-refractivity contribution < 1.29 is 4.74 Å². The van der Waals surface area contributed by atoms with Gasteiger partial charge in [-0.25, -0.2) is 4.98 Å². The molecule has 1 aromatic carbocycles. The summed E-state index contributed by atoms with van der Waals surface area (Å²) in [4.78, 5) is 4.59.